The summed E-state index contributed by atoms with van der Waals surface area (Å²) in [5.41, 5.74) is 0. The van der Waals surface area contributed by atoms with Crippen molar-refractivity contribution in [2.24, 2.45) is 0 Å². The molecule has 0 aliphatic heterocycles. The summed E-state index contributed by atoms with van der Waals surface area (Å²) in [4.78, 5) is -1.45. The fraction of sp³-hybridized carbons (Fsp3) is 1.00. The Hall–Kier alpha value is -0.170. The lowest BCUT2D eigenvalue weighted by Gasteiger charge is -2.21. The van der Waals surface area contributed by atoms with Gasteiger partial charge in [-0.3, -0.25) is 4.55 Å². The SMILES string of the molecule is CCC(C)(OC)S(=O)(=O)O.N. The second kappa shape index (κ2) is 4.01. The van der Waals surface area contributed by atoms with Gasteiger partial charge in [-0.15, -0.1) is 0 Å². The molecule has 0 heterocycles. The molecule has 0 aromatic rings. The maximum atomic E-state index is 10.5. The van der Waals surface area contributed by atoms with Crippen LogP contribution in [0.1, 0.15) is 20.3 Å². The topological polar surface area (TPSA) is 98.6 Å². The summed E-state index contributed by atoms with van der Waals surface area (Å²) in [5, 5.41) is 0. The van der Waals surface area contributed by atoms with E-state index in [1.807, 2.05) is 0 Å². The van der Waals surface area contributed by atoms with Gasteiger partial charge < -0.3 is 10.9 Å². The van der Waals surface area contributed by atoms with Crippen molar-refractivity contribution in [3.63, 3.8) is 0 Å². The molecule has 0 spiro atoms. The van der Waals surface area contributed by atoms with Crippen molar-refractivity contribution in [3.05, 3.63) is 0 Å². The van der Waals surface area contributed by atoms with E-state index in [1.165, 1.54) is 14.0 Å². The predicted molar refractivity (Wildman–Crippen MR) is 42.3 cm³/mol. The molecule has 0 bridgehead atoms. The highest BCUT2D eigenvalue weighted by atomic mass is 32.2. The van der Waals surface area contributed by atoms with Crippen molar-refractivity contribution in [2.45, 2.75) is 25.2 Å². The van der Waals surface area contributed by atoms with Gasteiger partial charge >= 0.3 is 0 Å². The Kier molecular flexibility index (Phi) is 4.89. The first-order valence-electron chi connectivity index (χ1n) is 2.89. The number of hydrogen-bond acceptors (Lipinski definition) is 4. The lowest BCUT2D eigenvalue weighted by molar-refractivity contribution is 0.0660. The second-order valence-electron chi connectivity index (χ2n) is 2.17. The van der Waals surface area contributed by atoms with Crippen molar-refractivity contribution >= 4 is 10.1 Å². The Bertz CT molecular complexity index is 195. The number of hydrogen-bond donors (Lipinski definition) is 2. The van der Waals surface area contributed by atoms with Crippen molar-refractivity contribution in [1.82, 2.24) is 6.15 Å². The summed E-state index contributed by atoms with van der Waals surface area (Å²) in [5.74, 6) is 0. The van der Waals surface area contributed by atoms with Crippen LogP contribution in [-0.4, -0.2) is 25.0 Å². The van der Waals surface area contributed by atoms with Crippen LogP contribution in [0, 0.1) is 0 Å². The zero-order valence-corrected chi connectivity index (χ0v) is 7.81. The maximum absolute atomic E-state index is 10.5. The molecule has 5 nitrogen and oxygen atoms in total. The fourth-order valence-corrected chi connectivity index (χ4v) is 1.01. The van der Waals surface area contributed by atoms with E-state index in [2.05, 4.69) is 4.74 Å². The summed E-state index contributed by atoms with van der Waals surface area (Å²) in [6.07, 6.45) is 0.225. The summed E-state index contributed by atoms with van der Waals surface area (Å²) >= 11 is 0. The first kappa shape index (κ1) is 13.4. The van der Waals surface area contributed by atoms with Gasteiger partial charge in [0.2, 0.25) is 0 Å². The molecule has 0 saturated heterocycles. The van der Waals surface area contributed by atoms with Crippen molar-refractivity contribution in [2.75, 3.05) is 7.11 Å². The van der Waals surface area contributed by atoms with Crippen LogP contribution < -0.4 is 6.15 Å². The Morgan fingerprint density at radius 3 is 1.91 bits per heavy atom. The molecule has 0 aliphatic carbocycles. The van der Waals surface area contributed by atoms with E-state index < -0.39 is 15.1 Å². The zero-order chi connectivity index (χ0) is 8.41. The van der Waals surface area contributed by atoms with Gasteiger partial charge in [0.25, 0.3) is 10.1 Å². The molecule has 11 heavy (non-hydrogen) atoms. The summed E-state index contributed by atoms with van der Waals surface area (Å²) < 4.78 is 34.3. The van der Waals surface area contributed by atoms with Gasteiger partial charge in [0.1, 0.15) is 0 Å². The van der Waals surface area contributed by atoms with Gasteiger partial charge in [0.05, 0.1) is 0 Å². The molecule has 70 valence electrons. The predicted octanol–water partition coefficient (Wildman–Crippen LogP) is 0.809. The first-order valence-corrected chi connectivity index (χ1v) is 4.33. The van der Waals surface area contributed by atoms with E-state index in [0.717, 1.165) is 0 Å². The minimum absolute atomic E-state index is 0. The van der Waals surface area contributed by atoms with Crippen LogP contribution in [0.15, 0.2) is 0 Å². The second-order valence-corrected chi connectivity index (χ2v) is 3.98. The molecular formula is C5H15NO4S. The standard InChI is InChI=1S/C5H12O4S.H3N/c1-4-5(2,9-3)10(6,7)8;/h4H2,1-3H3,(H,6,7,8);1H3. The number of rotatable bonds is 3. The van der Waals surface area contributed by atoms with Gasteiger partial charge in [-0.05, 0) is 13.3 Å². The van der Waals surface area contributed by atoms with Crippen molar-refractivity contribution < 1.29 is 17.7 Å². The Morgan fingerprint density at radius 1 is 1.55 bits per heavy atom. The summed E-state index contributed by atoms with van der Waals surface area (Å²) in [7, 11) is -2.84. The number of methoxy groups -OCH3 is 1. The molecule has 0 aromatic heterocycles. The molecule has 1 atom stereocenters. The van der Waals surface area contributed by atoms with Gasteiger partial charge in [-0.25, -0.2) is 0 Å². The van der Waals surface area contributed by atoms with E-state index in [1.54, 1.807) is 6.92 Å². The Labute approximate surface area is 67.1 Å². The fourth-order valence-electron chi connectivity index (χ4n) is 0.432. The summed E-state index contributed by atoms with van der Waals surface area (Å²) in [6.45, 7) is 2.94. The average molecular weight is 185 g/mol. The minimum atomic E-state index is -4.09. The molecule has 0 rings (SSSR count). The Morgan fingerprint density at radius 2 is 1.91 bits per heavy atom. The monoisotopic (exact) mass is 185 g/mol. The van der Waals surface area contributed by atoms with E-state index >= 15 is 0 Å². The first-order chi connectivity index (χ1) is 4.37. The van der Waals surface area contributed by atoms with E-state index in [0.29, 0.717) is 0 Å². The average Bonchev–Trinajstić information content (AvgIpc) is 1.84. The molecule has 0 saturated carbocycles. The quantitative estimate of drug-likeness (QED) is 0.634. The van der Waals surface area contributed by atoms with Crippen LogP contribution >= 0.6 is 0 Å². The molecule has 6 heteroatoms. The van der Waals surface area contributed by atoms with Crippen LogP contribution in [0.4, 0.5) is 0 Å². The van der Waals surface area contributed by atoms with Crippen molar-refractivity contribution in [1.29, 1.82) is 0 Å². The minimum Gasteiger partial charge on any atom is -0.360 e. The lowest BCUT2D eigenvalue weighted by atomic mass is 10.3. The van der Waals surface area contributed by atoms with Gasteiger partial charge in [0, 0.05) is 7.11 Å². The van der Waals surface area contributed by atoms with Crippen LogP contribution in [0.3, 0.4) is 0 Å². The molecule has 0 aliphatic rings. The molecular weight excluding hydrogens is 170 g/mol. The molecule has 0 fully saturated rings. The van der Waals surface area contributed by atoms with Crippen LogP contribution in [0.5, 0.6) is 0 Å². The van der Waals surface area contributed by atoms with Crippen LogP contribution in [-0.2, 0) is 14.9 Å². The zero-order valence-electron chi connectivity index (χ0n) is 6.99. The smallest absolute Gasteiger partial charge is 0.294 e. The molecule has 0 aromatic carbocycles. The molecule has 0 radical (unpaired) electrons. The maximum Gasteiger partial charge on any atom is 0.294 e. The van der Waals surface area contributed by atoms with Gasteiger partial charge in [-0.1, -0.05) is 6.92 Å². The highest BCUT2D eigenvalue weighted by Crippen LogP contribution is 2.19. The molecule has 4 N–H and O–H groups in total. The number of ether oxygens (including phenoxy) is 1. The third-order valence-electron chi connectivity index (χ3n) is 1.62. The summed E-state index contributed by atoms with van der Waals surface area (Å²) in [6, 6.07) is 0. The van der Waals surface area contributed by atoms with Crippen molar-refractivity contribution in [3.8, 4) is 0 Å². The largest absolute Gasteiger partial charge is 0.360 e. The third-order valence-corrected chi connectivity index (χ3v) is 3.17. The normalized spacial score (nSPS) is 16.7. The highest BCUT2D eigenvalue weighted by Gasteiger charge is 2.35. The lowest BCUT2D eigenvalue weighted by Crippen LogP contribution is -2.36. The van der Waals surface area contributed by atoms with Crippen LogP contribution in [0.2, 0.25) is 0 Å². The van der Waals surface area contributed by atoms with E-state index in [9.17, 15) is 8.42 Å². The molecule has 1 unspecified atom stereocenters. The Balaban J connectivity index is 0. The van der Waals surface area contributed by atoms with Gasteiger partial charge in [-0.2, -0.15) is 8.42 Å². The van der Waals surface area contributed by atoms with E-state index in [4.69, 9.17) is 4.55 Å². The third kappa shape index (κ3) is 2.74. The van der Waals surface area contributed by atoms with E-state index in [-0.39, 0.29) is 12.6 Å². The molecule has 0 amide bonds. The van der Waals surface area contributed by atoms with Crippen LogP contribution in [0.25, 0.3) is 0 Å². The van der Waals surface area contributed by atoms with Gasteiger partial charge in [0.15, 0.2) is 4.93 Å². The highest BCUT2D eigenvalue weighted by molar-refractivity contribution is 7.87.